The standard InChI is InChI=1S/C25H32F3N5O3/c1-25(2,3)21(24(35)32-8-10-36-11-9-32)30-23(34)20-19-14-31(4)6-5-7-33(19)22(29-20)15-12-17(27)18(28)13-16(15)26/h12-13,21H,5-11,14H2,1-4H3,(H,30,34). The molecule has 1 atom stereocenters. The van der Waals surface area contributed by atoms with E-state index in [9.17, 15) is 22.8 Å². The summed E-state index contributed by atoms with van der Waals surface area (Å²) in [6.07, 6.45) is 0.694. The summed E-state index contributed by atoms with van der Waals surface area (Å²) >= 11 is 0. The molecule has 1 aromatic heterocycles. The van der Waals surface area contributed by atoms with Crippen molar-refractivity contribution in [3.63, 3.8) is 0 Å². The van der Waals surface area contributed by atoms with Crippen molar-refractivity contribution in [3.8, 4) is 11.4 Å². The third-order valence-corrected chi connectivity index (χ3v) is 6.59. The Morgan fingerprint density at radius 1 is 1.03 bits per heavy atom. The van der Waals surface area contributed by atoms with Crippen molar-refractivity contribution in [2.45, 2.75) is 46.3 Å². The molecule has 196 valence electrons. The Hall–Kier alpha value is -2.92. The molecule has 2 aliphatic heterocycles. The summed E-state index contributed by atoms with van der Waals surface area (Å²) < 4.78 is 49.4. The molecule has 1 fully saturated rings. The van der Waals surface area contributed by atoms with Gasteiger partial charge in [0.2, 0.25) is 5.91 Å². The quantitative estimate of drug-likeness (QED) is 0.644. The second kappa shape index (κ2) is 10.2. The van der Waals surface area contributed by atoms with E-state index in [2.05, 4.69) is 10.3 Å². The van der Waals surface area contributed by atoms with Crippen LogP contribution in [0.2, 0.25) is 0 Å². The van der Waals surface area contributed by atoms with Crippen LogP contribution in [-0.2, 0) is 22.6 Å². The van der Waals surface area contributed by atoms with Gasteiger partial charge in [-0.15, -0.1) is 0 Å². The normalized spacial score (nSPS) is 17.9. The molecule has 8 nitrogen and oxygen atoms in total. The molecule has 2 amide bonds. The van der Waals surface area contributed by atoms with Gasteiger partial charge in [-0.2, -0.15) is 0 Å². The van der Waals surface area contributed by atoms with Crippen LogP contribution < -0.4 is 5.32 Å². The van der Waals surface area contributed by atoms with Crippen molar-refractivity contribution < 1.29 is 27.5 Å². The van der Waals surface area contributed by atoms with Gasteiger partial charge in [-0.05, 0) is 31.5 Å². The number of fused-ring (bicyclic) bond motifs is 1. The molecular weight excluding hydrogens is 475 g/mol. The first kappa shape index (κ1) is 26.2. The van der Waals surface area contributed by atoms with Crippen LogP contribution in [0.25, 0.3) is 11.4 Å². The first-order valence-electron chi connectivity index (χ1n) is 12.1. The van der Waals surface area contributed by atoms with Gasteiger partial charge in [0.15, 0.2) is 17.3 Å². The SMILES string of the molecule is CN1CCCn2c(-c3cc(F)c(F)cc3F)nc(C(=O)NC(C(=O)N3CCOCC3)C(C)(C)C)c2C1. The van der Waals surface area contributed by atoms with Crippen LogP contribution in [0.15, 0.2) is 12.1 Å². The molecular formula is C25H32F3N5O3. The molecule has 0 aliphatic carbocycles. The molecule has 0 spiro atoms. The highest BCUT2D eigenvalue weighted by atomic mass is 19.2. The fraction of sp³-hybridized carbons (Fsp3) is 0.560. The number of rotatable bonds is 4. The van der Waals surface area contributed by atoms with Crippen LogP contribution in [0.1, 0.15) is 43.4 Å². The summed E-state index contributed by atoms with van der Waals surface area (Å²) in [7, 11) is 1.89. The van der Waals surface area contributed by atoms with E-state index < -0.39 is 34.8 Å². The smallest absolute Gasteiger partial charge is 0.272 e. The van der Waals surface area contributed by atoms with E-state index in [1.165, 1.54) is 0 Å². The van der Waals surface area contributed by atoms with Gasteiger partial charge in [0.1, 0.15) is 17.7 Å². The summed E-state index contributed by atoms with van der Waals surface area (Å²) in [6.45, 7) is 8.81. The van der Waals surface area contributed by atoms with Gasteiger partial charge in [0.25, 0.3) is 5.91 Å². The van der Waals surface area contributed by atoms with Gasteiger partial charge in [-0.25, -0.2) is 18.2 Å². The zero-order valence-corrected chi connectivity index (χ0v) is 21.0. The second-order valence-electron chi connectivity index (χ2n) is 10.4. The molecule has 1 N–H and O–H groups in total. The molecule has 36 heavy (non-hydrogen) atoms. The lowest BCUT2D eigenvalue weighted by Crippen LogP contribution is -2.56. The lowest BCUT2D eigenvalue weighted by molar-refractivity contribution is -0.139. The number of nitrogens with zero attached hydrogens (tertiary/aromatic N) is 4. The lowest BCUT2D eigenvalue weighted by Gasteiger charge is -2.36. The molecule has 4 rings (SSSR count). The molecule has 2 aromatic rings. The van der Waals surface area contributed by atoms with E-state index in [1.54, 1.807) is 9.47 Å². The first-order chi connectivity index (χ1) is 17.0. The molecule has 1 unspecified atom stereocenters. The first-order valence-corrected chi connectivity index (χ1v) is 12.1. The van der Waals surface area contributed by atoms with Crippen molar-refractivity contribution in [3.05, 3.63) is 41.0 Å². The number of morpholine rings is 1. The lowest BCUT2D eigenvalue weighted by atomic mass is 9.85. The Morgan fingerprint density at radius 2 is 1.69 bits per heavy atom. The highest BCUT2D eigenvalue weighted by Crippen LogP contribution is 2.30. The Labute approximate surface area is 208 Å². The number of amides is 2. The number of carbonyl (C=O) groups is 2. The van der Waals surface area contributed by atoms with Gasteiger partial charge < -0.3 is 24.4 Å². The van der Waals surface area contributed by atoms with Crippen molar-refractivity contribution in [1.82, 2.24) is 24.7 Å². The number of carbonyl (C=O) groups excluding carboxylic acids is 2. The minimum Gasteiger partial charge on any atom is -0.378 e. The van der Waals surface area contributed by atoms with Crippen LogP contribution in [-0.4, -0.2) is 77.1 Å². The summed E-state index contributed by atoms with van der Waals surface area (Å²) in [4.78, 5) is 35.0. The van der Waals surface area contributed by atoms with Crippen LogP contribution in [0, 0.1) is 22.9 Å². The monoisotopic (exact) mass is 507 g/mol. The predicted molar refractivity (Wildman–Crippen MR) is 127 cm³/mol. The molecule has 0 saturated carbocycles. The fourth-order valence-electron chi connectivity index (χ4n) is 4.62. The van der Waals surface area contributed by atoms with Crippen molar-refractivity contribution in [2.75, 3.05) is 39.9 Å². The highest BCUT2D eigenvalue weighted by Gasteiger charge is 2.38. The number of imidazole rings is 1. The van der Waals surface area contributed by atoms with Gasteiger partial charge >= 0.3 is 0 Å². The van der Waals surface area contributed by atoms with Gasteiger partial charge in [0, 0.05) is 32.2 Å². The van der Waals surface area contributed by atoms with Crippen LogP contribution >= 0.6 is 0 Å². The van der Waals surface area contributed by atoms with Gasteiger partial charge in [0.05, 0.1) is 24.5 Å². The van der Waals surface area contributed by atoms with Gasteiger partial charge in [-0.3, -0.25) is 9.59 Å². The minimum absolute atomic E-state index is 0.0342. The molecule has 0 radical (unpaired) electrons. The zero-order chi connectivity index (χ0) is 26.2. The Bertz CT molecular complexity index is 1150. The number of ether oxygens (including phenoxy) is 1. The number of halogens is 3. The van der Waals surface area contributed by atoms with E-state index in [0.29, 0.717) is 57.6 Å². The molecule has 1 saturated heterocycles. The predicted octanol–water partition coefficient (Wildman–Crippen LogP) is 2.81. The Balaban J connectivity index is 1.74. The largest absolute Gasteiger partial charge is 0.378 e. The maximum Gasteiger partial charge on any atom is 0.272 e. The number of nitrogens with one attached hydrogen (secondary N) is 1. The molecule has 1 aromatic carbocycles. The summed E-state index contributed by atoms with van der Waals surface area (Å²) in [5.41, 5.74) is -0.270. The van der Waals surface area contributed by atoms with Crippen molar-refractivity contribution in [2.24, 2.45) is 5.41 Å². The third-order valence-electron chi connectivity index (χ3n) is 6.59. The van der Waals surface area contributed by atoms with E-state index in [1.807, 2.05) is 32.7 Å². The minimum atomic E-state index is -1.30. The Kier molecular flexibility index (Phi) is 7.42. The zero-order valence-electron chi connectivity index (χ0n) is 21.0. The van der Waals surface area contributed by atoms with Crippen molar-refractivity contribution in [1.29, 1.82) is 0 Å². The average Bonchev–Trinajstić information content (AvgIpc) is 3.05. The summed E-state index contributed by atoms with van der Waals surface area (Å²) in [6, 6.07) is 0.398. The van der Waals surface area contributed by atoms with Crippen molar-refractivity contribution >= 4 is 11.8 Å². The summed E-state index contributed by atoms with van der Waals surface area (Å²) in [5, 5.41) is 2.86. The highest BCUT2D eigenvalue weighted by molar-refractivity contribution is 5.98. The second-order valence-corrected chi connectivity index (χ2v) is 10.4. The average molecular weight is 508 g/mol. The maximum atomic E-state index is 14.7. The van der Waals surface area contributed by atoms with Gasteiger partial charge in [-0.1, -0.05) is 20.8 Å². The van der Waals surface area contributed by atoms with E-state index >= 15 is 0 Å². The molecule has 11 heteroatoms. The molecule has 0 bridgehead atoms. The molecule has 3 heterocycles. The number of benzene rings is 1. The number of hydrogen-bond acceptors (Lipinski definition) is 5. The van der Waals surface area contributed by atoms with Crippen LogP contribution in [0.5, 0.6) is 0 Å². The maximum absolute atomic E-state index is 14.7. The van der Waals surface area contributed by atoms with Crippen LogP contribution in [0.3, 0.4) is 0 Å². The number of hydrogen-bond donors (Lipinski definition) is 1. The summed E-state index contributed by atoms with van der Waals surface area (Å²) in [5.74, 6) is -4.22. The topological polar surface area (TPSA) is 79.7 Å². The Morgan fingerprint density at radius 3 is 2.36 bits per heavy atom. The molecule has 2 aliphatic rings. The van der Waals surface area contributed by atoms with E-state index in [-0.39, 0.29) is 23.0 Å². The number of aromatic nitrogens is 2. The van der Waals surface area contributed by atoms with E-state index in [4.69, 9.17) is 4.74 Å². The third kappa shape index (κ3) is 5.27. The van der Waals surface area contributed by atoms with E-state index in [0.717, 1.165) is 12.6 Å². The van der Waals surface area contributed by atoms with Crippen LogP contribution in [0.4, 0.5) is 13.2 Å². The fourth-order valence-corrected chi connectivity index (χ4v) is 4.62.